The molecule has 4 heteroatoms. The van der Waals surface area contributed by atoms with Gasteiger partial charge in [-0.1, -0.05) is 72.8 Å². The molecule has 0 spiro atoms. The topological polar surface area (TPSA) is 35.1 Å². The van der Waals surface area contributed by atoms with E-state index < -0.39 is 0 Å². The summed E-state index contributed by atoms with van der Waals surface area (Å²) in [4.78, 5) is 13.4. The number of rotatable bonds is 1. The van der Waals surface area contributed by atoms with Crippen LogP contribution in [0.4, 0.5) is 0 Å². The molecule has 164 valence electrons. The Morgan fingerprint density at radius 3 is 2.20 bits per heavy atom. The monoisotopic (exact) mass is 467 g/mol. The number of para-hydroxylation sites is 2. The molecule has 3 nitrogen and oxygen atoms in total. The molecule has 3 heterocycles. The Hall–Kier alpha value is -4.41. The minimum Gasteiger partial charge on any atom is -0.422 e. The van der Waals surface area contributed by atoms with E-state index >= 15 is 0 Å². The molecule has 0 saturated carbocycles. The molecular weight excluding hydrogens is 450 g/mol. The predicted octanol–water partition coefficient (Wildman–Crippen LogP) is 8.41. The highest BCUT2D eigenvalue weighted by atomic mass is 32.1. The normalized spacial score (nSPS) is 12.1. The van der Waals surface area contributed by atoms with Crippen molar-refractivity contribution in [2.75, 3.05) is 0 Å². The average molecular weight is 468 g/mol. The number of benzene rings is 5. The number of hydrogen-bond acceptors (Lipinski definition) is 3. The molecule has 0 aliphatic rings. The fourth-order valence-corrected chi connectivity index (χ4v) is 6.68. The molecule has 3 aromatic heterocycles. The second-order valence-corrected chi connectivity index (χ2v) is 9.98. The molecule has 0 atom stereocenters. The molecule has 0 aliphatic carbocycles. The lowest BCUT2D eigenvalue weighted by molar-refractivity contribution is 0.570. The fourth-order valence-electron chi connectivity index (χ4n) is 5.54. The van der Waals surface area contributed by atoms with Gasteiger partial charge in [0.05, 0.1) is 16.4 Å². The number of hydrogen-bond donors (Lipinski definition) is 0. The first-order chi connectivity index (χ1) is 17.3. The van der Waals surface area contributed by atoms with Crippen molar-refractivity contribution < 1.29 is 4.42 Å². The van der Waals surface area contributed by atoms with Gasteiger partial charge in [0.1, 0.15) is 5.58 Å². The Balaban J connectivity index is 1.58. The quantitative estimate of drug-likeness (QED) is 0.179. The first-order valence-corrected chi connectivity index (χ1v) is 12.4. The summed E-state index contributed by atoms with van der Waals surface area (Å²) in [6.45, 7) is 0. The van der Waals surface area contributed by atoms with Crippen molar-refractivity contribution in [3.8, 4) is 5.69 Å². The van der Waals surface area contributed by atoms with Crippen LogP contribution in [0, 0.1) is 0 Å². The van der Waals surface area contributed by atoms with E-state index in [0.29, 0.717) is 11.0 Å². The molecule has 0 radical (unpaired) electrons. The largest absolute Gasteiger partial charge is 0.422 e. The summed E-state index contributed by atoms with van der Waals surface area (Å²) >= 11 is 1.80. The van der Waals surface area contributed by atoms with Crippen LogP contribution in [0.1, 0.15) is 0 Å². The van der Waals surface area contributed by atoms with Gasteiger partial charge < -0.3 is 8.98 Å². The number of aromatic nitrogens is 1. The summed E-state index contributed by atoms with van der Waals surface area (Å²) in [6.07, 6.45) is 0. The van der Waals surface area contributed by atoms with Crippen LogP contribution in [0.15, 0.2) is 112 Å². The number of thiophene rings is 1. The molecule has 0 unspecified atom stereocenters. The van der Waals surface area contributed by atoms with Crippen molar-refractivity contribution >= 4 is 75.1 Å². The molecule has 0 fully saturated rings. The Labute approximate surface area is 203 Å². The number of nitrogens with zero attached hydrogens (tertiary/aromatic N) is 1. The summed E-state index contributed by atoms with van der Waals surface area (Å²) in [5.74, 6) is 0. The van der Waals surface area contributed by atoms with E-state index in [-0.39, 0.29) is 5.63 Å². The van der Waals surface area contributed by atoms with Crippen LogP contribution in [0.25, 0.3) is 69.4 Å². The van der Waals surface area contributed by atoms with E-state index in [0.717, 1.165) is 38.3 Å². The van der Waals surface area contributed by atoms with E-state index in [4.69, 9.17) is 4.42 Å². The zero-order chi connectivity index (χ0) is 23.1. The molecule has 8 rings (SSSR count). The molecular formula is C31H17NO2S. The van der Waals surface area contributed by atoms with Crippen molar-refractivity contribution in [3.63, 3.8) is 0 Å². The van der Waals surface area contributed by atoms with Gasteiger partial charge in [-0.25, -0.2) is 4.79 Å². The van der Waals surface area contributed by atoms with Crippen LogP contribution in [-0.4, -0.2) is 4.57 Å². The average Bonchev–Trinajstić information content (AvgIpc) is 3.43. The highest BCUT2D eigenvalue weighted by Crippen LogP contribution is 2.39. The minimum atomic E-state index is -0.309. The van der Waals surface area contributed by atoms with Crippen molar-refractivity contribution in [2.24, 2.45) is 0 Å². The van der Waals surface area contributed by atoms with Gasteiger partial charge in [-0.3, -0.25) is 0 Å². The van der Waals surface area contributed by atoms with Gasteiger partial charge in [0.15, 0.2) is 0 Å². The van der Waals surface area contributed by atoms with E-state index in [9.17, 15) is 4.79 Å². The Bertz CT molecular complexity index is 2200. The van der Waals surface area contributed by atoms with Crippen LogP contribution in [-0.2, 0) is 0 Å². The second kappa shape index (κ2) is 6.81. The highest BCUT2D eigenvalue weighted by molar-refractivity contribution is 7.25. The molecule has 0 aliphatic heterocycles. The van der Waals surface area contributed by atoms with Crippen LogP contribution in [0.5, 0.6) is 0 Å². The van der Waals surface area contributed by atoms with Gasteiger partial charge in [0.25, 0.3) is 0 Å². The van der Waals surface area contributed by atoms with Crippen molar-refractivity contribution in [1.82, 2.24) is 4.57 Å². The molecule has 8 aromatic rings. The lowest BCUT2D eigenvalue weighted by atomic mass is 10.0. The van der Waals surface area contributed by atoms with Gasteiger partial charge >= 0.3 is 5.63 Å². The first-order valence-electron chi connectivity index (χ1n) is 11.6. The Morgan fingerprint density at radius 2 is 1.29 bits per heavy atom. The molecule has 35 heavy (non-hydrogen) atoms. The first kappa shape index (κ1) is 19.0. The maximum Gasteiger partial charge on any atom is 0.346 e. The summed E-state index contributed by atoms with van der Waals surface area (Å²) < 4.78 is 10.5. The predicted molar refractivity (Wildman–Crippen MR) is 147 cm³/mol. The maximum absolute atomic E-state index is 13.4. The van der Waals surface area contributed by atoms with Crippen molar-refractivity contribution in [1.29, 1.82) is 0 Å². The highest BCUT2D eigenvalue weighted by Gasteiger charge is 2.19. The lowest BCUT2D eigenvalue weighted by Crippen LogP contribution is -2.03. The molecule has 0 saturated heterocycles. The van der Waals surface area contributed by atoms with E-state index in [1.54, 1.807) is 11.3 Å². The van der Waals surface area contributed by atoms with Crippen LogP contribution < -0.4 is 5.63 Å². The van der Waals surface area contributed by atoms with Crippen molar-refractivity contribution in [2.45, 2.75) is 0 Å². The molecule has 0 bridgehead atoms. The summed E-state index contributed by atoms with van der Waals surface area (Å²) in [5, 5.41) is 7.18. The standard InChI is InChI=1S/C31H17NO2S/c33-31-29-23(20-8-2-5-11-26(20)34-31)15-16-24-19-7-1-4-10-25(19)32(30(24)29)18-13-14-22-21-9-3-6-12-27(21)35-28(22)17-18/h1-17H. The van der Waals surface area contributed by atoms with Gasteiger partial charge in [-0.15, -0.1) is 11.3 Å². The zero-order valence-electron chi connectivity index (χ0n) is 18.5. The smallest absolute Gasteiger partial charge is 0.346 e. The summed E-state index contributed by atoms with van der Waals surface area (Å²) in [5.41, 5.74) is 3.30. The second-order valence-electron chi connectivity index (χ2n) is 8.90. The van der Waals surface area contributed by atoms with E-state index in [1.807, 2.05) is 30.3 Å². The molecule has 0 N–H and O–H groups in total. The Kier molecular flexibility index (Phi) is 3.69. The van der Waals surface area contributed by atoms with E-state index in [2.05, 4.69) is 77.4 Å². The van der Waals surface area contributed by atoms with Crippen molar-refractivity contribution in [3.05, 3.63) is 114 Å². The third kappa shape index (κ3) is 2.52. The van der Waals surface area contributed by atoms with Gasteiger partial charge in [0, 0.05) is 47.4 Å². The lowest BCUT2D eigenvalue weighted by Gasteiger charge is -2.10. The molecule has 5 aromatic carbocycles. The summed E-state index contributed by atoms with van der Waals surface area (Å²) in [6, 6.07) is 35.4. The third-order valence-corrected chi connectivity index (χ3v) is 8.17. The van der Waals surface area contributed by atoms with Gasteiger partial charge in [-0.05, 0) is 30.3 Å². The maximum atomic E-state index is 13.4. The molecule has 0 amide bonds. The SMILES string of the molecule is O=c1oc2ccccc2c2ccc3c4ccccc4n(-c4ccc5c(c4)sc4ccccc45)c3c12. The Morgan fingerprint density at radius 1 is 0.600 bits per heavy atom. The van der Waals surface area contributed by atoms with Crippen LogP contribution >= 0.6 is 11.3 Å². The summed E-state index contributed by atoms with van der Waals surface area (Å²) in [7, 11) is 0. The van der Waals surface area contributed by atoms with E-state index in [1.165, 1.54) is 20.2 Å². The van der Waals surface area contributed by atoms with Gasteiger partial charge in [0.2, 0.25) is 0 Å². The van der Waals surface area contributed by atoms with Crippen LogP contribution in [0.3, 0.4) is 0 Å². The minimum absolute atomic E-state index is 0.309. The van der Waals surface area contributed by atoms with Gasteiger partial charge in [-0.2, -0.15) is 0 Å². The zero-order valence-corrected chi connectivity index (χ0v) is 19.3. The fraction of sp³-hybridized carbons (Fsp3) is 0. The third-order valence-electron chi connectivity index (χ3n) is 7.04. The van der Waals surface area contributed by atoms with Crippen LogP contribution in [0.2, 0.25) is 0 Å². The number of fused-ring (bicyclic) bond motifs is 10.